The third-order valence-electron chi connectivity index (χ3n) is 7.57. The van der Waals surface area contributed by atoms with Gasteiger partial charge in [-0.3, -0.25) is 4.79 Å². The second-order valence-electron chi connectivity index (χ2n) is 11.1. The zero-order valence-electron chi connectivity index (χ0n) is 27.5. The normalized spacial score (nSPS) is 12.1. The van der Waals surface area contributed by atoms with E-state index in [1.165, 1.54) is 47.9 Å². The van der Waals surface area contributed by atoms with E-state index in [-0.39, 0.29) is 25.1 Å². The third-order valence-corrected chi connectivity index (χ3v) is 7.57. The lowest BCUT2D eigenvalue weighted by Crippen LogP contribution is -2.29. The molecule has 0 saturated carbocycles. The molecule has 10 heteroatoms. The number of esters is 1. The van der Waals surface area contributed by atoms with Crippen molar-refractivity contribution in [3.05, 3.63) is 59.7 Å². The zero-order valence-corrected chi connectivity index (χ0v) is 27.5. The van der Waals surface area contributed by atoms with Crippen LogP contribution in [0.3, 0.4) is 0 Å². The Bertz CT molecular complexity index is 1070. The second-order valence-corrected chi connectivity index (χ2v) is 11.1. The van der Waals surface area contributed by atoms with E-state index in [2.05, 4.69) is 36.5 Å². The zero-order chi connectivity index (χ0) is 32.5. The van der Waals surface area contributed by atoms with Gasteiger partial charge in [0.05, 0.1) is 66.1 Å². The van der Waals surface area contributed by atoms with E-state index in [9.17, 15) is 9.59 Å². The summed E-state index contributed by atoms with van der Waals surface area (Å²) >= 11 is 0. The van der Waals surface area contributed by atoms with Gasteiger partial charge >= 0.3 is 12.1 Å². The van der Waals surface area contributed by atoms with Crippen LogP contribution in [0.5, 0.6) is 0 Å². The summed E-state index contributed by atoms with van der Waals surface area (Å²) in [6.45, 7) is 7.49. The molecule has 2 aromatic carbocycles. The van der Waals surface area contributed by atoms with Crippen molar-refractivity contribution in [3.63, 3.8) is 0 Å². The molecular weight excluding hydrogens is 590 g/mol. The lowest BCUT2D eigenvalue weighted by atomic mass is 9.98. The van der Waals surface area contributed by atoms with Crippen LogP contribution < -0.4 is 5.32 Å². The fraction of sp³-hybridized carbons (Fsp3) is 0.611. The number of unbranched alkanes of at least 4 members (excludes halogenated alkanes) is 5. The largest absolute Gasteiger partial charge is 0.463 e. The van der Waals surface area contributed by atoms with E-state index in [1.807, 2.05) is 24.3 Å². The minimum atomic E-state index is -0.452. The molecule has 0 spiro atoms. The molecule has 1 N–H and O–H groups in total. The Kier molecular flexibility index (Phi) is 19.7. The van der Waals surface area contributed by atoms with Crippen molar-refractivity contribution < 1.29 is 42.7 Å². The minimum Gasteiger partial charge on any atom is -0.463 e. The average molecular weight is 644 g/mol. The number of hydrogen-bond acceptors (Lipinski definition) is 9. The van der Waals surface area contributed by atoms with Crippen LogP contribution in [0.1, 0.15) is 68.9 Å². The molecule has 1 amide bonds. The summed E-state index contributed by atoms with van der Waals surface area (Å²) < 4.78 is 38.1. The average Bonchev–Trinajstić information content (AvgIpc) is 3.40. The summed E-state index contributed by atoms with van der Waals surface area (Å²) in [6.07, 6.45) is 6.94. The predicted octanol–water partition coefficient (Wildman–Crippen LogP) is 5.90. The number of benzene rings is 2. The van der Waals surface area contributed by atoms with Gasteiger partial charge in [0, 0.05) is 18.9 Å². The van der Waals surface area contributed by atoms with Gasteiger partial charge in [-0.2, -0.15) is 0 Å². The number of carbonyl (C=O) groups is 2. The molecule has 2 aromatic rings. The van der Waals surface area contributed by atoms with Gasteiger partial charge in [0.15, 0.2) is 0 Å². The number of nitrogens with one attached hydrogen (secondary N) is 1. The molecule has 1 aliphatic carbocycles. The number of hydrogen-bond donors (Lipinski definition) is 1. The van der Waals surface area contributed by atoms with Crippen LogP contribution in [0, 0.1) is 0 Å². The summed E-state index contributed by atoms with van der Waals surface area (Å²) in [5.41, 5.74) is 4.78. The minimum absolute atomic E-state index is 0.0392. The van der Waals surface area contributed by atoms with Crippen molar-refractivity contribution in [1.82, 2.24) is 5.32 Å². The van der Waals surface area contributed by atoms with Crippen LogP contribution in [0.25, 0.3) is 11.1 Å². The first-order valence-electron chi connectivity index (χ1n) is 16.8. The Balaban J connectivity index is 1.02. The fourth-order valence-corrected chi connectivity index (χ4v) is 5.19. The van der Waals surface area contributed by atoms with Gasteiger partial charge in [-0.25, -0.2) is 4.79 Å². The van der Waals surface area contributed by atoms with Crippen molar-refractivity contribution in [2.75, 3.05) is 85.8 Å². The number of rotatable bonds is 27. The highest BCUT2D eigenvalue weighted by Gasteiger charge is 2.28. The molecule has 256 valence electrons. The Morgan fingerprint density at radius 1 is 0.587 bits per heavy atom. The summed E-state index contributed by atoms with van der Waals surface area (Å²) in [6, 6.07) is 16.5. The second kappa shape index (κ2) is 24.2. The number of amides is 1. The molecule has 3 rings (SSSR count). The van der Waals surface area contributed by atoms with Gasteiger partial charge in [0.2, 0.25) is 0 Å². The van der Waals surface area contributed by atoms with E-state index >= 15 is 0 Å². The first-order chi connectivity index (χ1) is 22.7. The van der Waals surface area contributed by atoms with Crippen LogP contribution in [-0.4, -0.2) is 97.9 Å². The number of fused-ring (bicyclic) bond motifs is 3. The standard InChI is InChI=1S/C36H53NO9/c1-2-3-4-5-6-7-16-35(38)45-28-27-44-26-25-43-24-23-42-22-21-41-20-19-40-18-17-37-36(39)46-29-34-32-14-10-8-12-30(32)31-13-9-11-15-33(31)34/h8-15,34H,2-7,16-29H2,1H3,(H,37,39). The lowest BCUT2D eigenvalue weighted by Gasteiger charge is -2.14. The van der Waals surface area contributed by atoms with E-state index in [0.717, 1.165) is 12.8 Å². The molecule has 0 unspecified atom stereocenters. The molecule has 0 fully saturated rings. The summed E-state index contributed by atoms with van der Waals surface area (Å²) in [5, 5.41) is 2.74. The molecular formula is C36H53NO9. The third kappa shape index (κ3) is 15.0. The molecule has 0 saturated heterocycles. The smallest absolute Gasteiger partial charge is 0.407 e. The van der Waals surface area contributed by atoms with Crippen LogP contribution in [0.15, 0.2) is 48.5 Å². The SMILES string of the molecule is CCCCCCCCC(=O)OCCOCCOCCOCCOCCOCCNC(=O)OCC1c2ccccc2-c2ccccc21. The Labute approximate surface area is 274 Å². The maximum atomic E-state index is 12.2. The molecule has 10 nitrogen and oxygen atoms in total. The summed E-state index contributed by atoms with van der Waals surface area (Å²) in [7, 11) is 0. The topological polar surface area (TPSA) is 111 Å². The van der Waals surface area contributed by atoms with E-state index in [4.69, 9.17) is 33.2 Å². The van der Waals surface area contributed by atoms with Crippen LogP contribution in [0.2, 0.25) is 0 Å². The van der Waals surface area contributed by atoms with Crippen molar-refractivity contribution in [2.45, 2.75) is 57.8 Å². The van der Waals surface area contributed by atoms with Crippen molar-refractivity contribution in [1.29, 1.82) is 0 Å². The van der Waals surface area contributed by atoms with Crippen molar-refractivity contribution in [2.24, 2.45) is 0 Å². The van der Waals surface area contributed by atoms with Crippen LogP contribution in [-0.2, 0) is 38.0 Å². The Morgan fingerprint density at radius 2 is 1.07 bits per heavy atom. The molecule has 46 heavy (non-hydrogen) atoms. The van der Waals surface area contributed by atoms with Crippen LogP contribution >= 0.6 is 0 Å². The van der Waals surface area contributed by atoms with Crippen molar-refractivity contribution in [3.8, 4) is 11.1 Å². The maximum absolute atomic E-state index is 12.2. The Hall–Kier alpha value is -3.02. The molecule has 0 radical (unpaired) electrons. The van der Waals surface area contributed by atoms with Gasteiger partial charge in [-0.15, -0.1) is 0 Å². The molecule has 0 heterocycles. The Morgan fingerprint density at radius 3 is 1.63 bits per heavy atom. The van der Waals surface area contributed by atoms with E-state index in [1.54, 1.807) is 0 Å². The van der Waals surface area contributed by atoms with Crippen LogP contribution in [0.4, 0.5) is 4.79 Å². The molecule has 1 aliphatic rings. The molecule has 0 bridgehead atoms. The predicted molar refractivity (Wildman–Crippen MR) is 176 cm³/mol. The fourth-order valence-electron chi connectivity index (χ4n) is 5.19. The first kappa shape index (κ1) is 37.4. The van der Waals surface area contributed by atoms with E-state index < -0.39 is 6.09 Å². The quantitative estimate of drug-likeness (QED) is 0.0940. The van der Waals surface area contributed by atoms with Gasteiger partial charge in [0.25, 0.3) is 0 Å². The maximum Gasteiger partial charge on any atom is 0.407 e. The number of carbonyl (C=O) groups excluding carboxylic acids is 2. The van der Waals surface area contributed by atoms with Gasteiger partial charge in [0.1, 0.15) is 13.2 Å². The van der Waals surface area contributed by atoms with E-state index in [0.29, 0.717) is 79.0 Å². The summed E-state index contributed by atoms with van der Waals surface area (Å²) in [4.78, 5) is 23.9. The monoisotopic (exact) mass is 643 g/mol. The highest BCUT2D eigenvalue weighted by molar-refractivity contribution is 5.79. The molecule has 0 atom stereocenters. The van der Waals surface area contributed by atoms with Gasteiger partial charge in [-0.1, -0.05) is 87.6 Å². The molecule has 0 aliphatic heterocycles. The highest BCUT2D eigenvalue weighted by Crippen LogP contribution is 2.44. The first-order valence-corrected chi connectivity index (χ1v) is 16.8. The van der Waals surface area contributed by atoms with Crippen molar-refractivity contribution >= 4 is 12.1 Å². The van der Waals surface area contributed by atoms with Gasteiger partial charge < -0.3 is 38.5 Å². The molecule has 0 aromatic heterocycles. The number of ether oxygens (including phenoxy) is 7. The number of alkyl carbamates (subject to hydrolysis) is 1. The highest BCUT2D eigenvalue weighted by atomic mass is 16.6. The summed E-state index contributed by atoms with van der Waals surface area (Å²) in [5.74, 6) is -0.109. The lowest BCUT2D eigenvalue weighted by molar-refractivity contribution is -0.145. The van der Waals surface area contributed by atoms with Gasteiger partial charge in [-0.05, 0) is 28.7 Å².